The molecule has 0 atom stereocenters. The first-order valence-electron chi connectivity index (χ1n) is 3.90. The van der Waals surface area contributed by atoms with E-state index in [2.05, 4.69) is 21.4 Å². The number of aryl methyl sites for hydroxylation is 1. The Morgan fingerprint density at radius 3 is 3.08 bits per heavy atom. The van der Waals surface area contributed by atoms with Gasteiger partial charge in [0.05, 0.1) is 6.54 Å². The number of nitrogens with zero attached hydrogens (tertiary/aromatic N) is 2. The van der Waals surface area contributed by atoms with Gasteiger partial charge in [0.15, 0.2) is 4.34 Å². The molecule has 0 aromatic carbocycles. The summed E-state index contributed by atoms with van der Waals surface area (Å²) in [6, 6.07) is 0. The molecule has 0 aliphatic rings. The summed E-state index contributed by atoms with van der Waals surface area (Å²) in [5, 5.41) is 12.0. The van der Waals surface area contributed by atoms with Crippen LogP contribution < -0.4 is 5.32 Å². The molecule has 1 N–H and O–H groups in total. The molecule has 1 aromatic rings. The first-order chi connectivity index (χ1) is 6.33. The number of hydrogen-bond donors (Lipinski definition) is 1. The summed E-state index contributed by atoms with van der Waals surface area (Å²) in [5.74, 6) is 3.51. The molecule has 0 unspecified atom stereocenters. The van der Waals surface area contributed by atoms with Crippen molar-refractivity contribution >= 4 is 23.1 Å². The fourth-order valence-corrected chi connectivity index (χ4v) is 2.49. The minimum atomic E-state index is 0.635. The van der Waals surface area contributed by atoms with Crippen molar-refractivity contribution in [2.45, 2.75) is 11.3 Å². The van der Waals surface area contributed by atoms with Crippen LogP contribution in [-0.4, -0.2) is 29.0 Å². The lowest BCUT2D eigenvalue weighted by atomic mass is 10.6. The lowest BCUT2D eigenvalue weighted by Gasteiger charge is -1.96. The van der Waals surface area contributed by atoms with E-state index in [0.717, 1.165) is 21.6 Å². The SMILES string of the molecule is C#CCNCCSc1nnc(C)s1. The highest BCUT2D eigenvalue weighted by Gasteiger charge is 1.99. The van der Waals surface area contributed by atoms with Crippen LogP contribution in [0.4, 0.5) is 0 Å². The number of rotatable bonds is 5. The third kappa shape index (κ3) is 4.27. The number of nitrogens with one attached hydrogen (secondary N) is 1. The Morgan fingerprint density at radius 2 is 2.46 bits per heavy atom. The van der Waals surface area contributed by atoms with Crippen LogP contribution in [0.15, 0.2) is 4.34 Å². The minimum absolute atomic E-state index is 0.635. The van der Waals surface area contributed by atoms with Gasteiger partial charge < -0.3 is 5.32 Å². The van der Waals surface area contributed by atoms with Gasteiger partial charge in [0.2, 0.25) is 0 Å². The summed E-state index contributed by atoms with van der Waals surface area (Å²) in [7, 11) is 0. The Kier molecular flexibility index (Phi) is 4.83. The highest BCUT2D eigenvalue weighted by molar-refractivity contribution is 8.01. The fraction of sp³-hybridized carbons (Fsp3) is 0.500. The van der Waals surface area contributed by atoms with Crippen LogP contribution in [0.25, 0.3) is 0 Å². The largest absolute Gasteiger partial charge is 0.305 e. The van der Waals surface area contributed by atoms with E-state index in [1.165, 1.54) is 0 Å². The Hall–Kier alpha value is -0.570. The molecule has 1 heterocycles. The van der Waals surface area contributed by atoms with Gasteiger partial charge in [-0.1, -0.05) is 29.0 Å². The third-order valence-corrected chi connectivity index (χ3v) is 3.21. The topological polar surface area (TPSA) is 37.8 Å². The molecule has 0 bridgehead atoms. The van der Waals surface area contributed by atoms with E-state index in [4.69, 9.17) is 6.42 Å². The van der Waals surface area contributed by atoms with Gasteiger partial charge in [0, 0.05) is 12.3 Å². The van der Waals surface area contributed by atoms with Gasteiger partial charge in [0.25, 0.3) is 0 Å². The van der Waals surface area contributed by atoms with Gasteiger partial charge in [-0.05, 0) is 6.92 Å². The zero-order valence-electron chi connectivity index (χ0n) is 7.41. The summed E-state index contributed by atoms with van der Waals surface area (Å²) in [6.45, 7) is 3.50. The molecule has 0 aliphatic heterocycles. The van der Waals surface area contributed by atoms with Crippen LogP contribution >= 0.6 is 23.1 Å². The monoisotopic (exact) mass is 213 g/mol. The smallest absolute Gasteiger partial charge is 0.174 e. The van der Waals surface area contributed by atoms with E-state index in [1.807, 2.05) is 6.92 Å². The molecule has 0 aliphatic carbocycles. The Bertz CT molecular complexity index is 290. The molecule has 0 fully saturated rings. The molecule has 0 saturated carbocycles. The molecule has 0 amide bonds. The molecular formula is C8H11N3S2. The second-order valence-electron chi connectivity index (χ2n) is 2.32. The van der Waals surface area contributed by atoms with Crippen LogP contribution in [0, 0.1) is 19.3 Å². The van der Waals surface area contributed by atoms with Gasteiger partial charge >= 0.3 is 0 Å². The summed E-state index contributed by atoms with van der Waals surface area (Å²) in [5.41, 5.74) is 0. The molecule has 1 aromatic heterocycles. The summed E-state index contributed by atoms with van der Waals surface area (Å²) in [6.07, 6.45) is 5.09. The summed E-state index contributed by atoms with van der Waals surface area (Å²) < 4.78 is 1.03. The number of terminal acetylenes is 1. The Balaban J connectivity index is 2.10. The first kappa shape index (κ1) is 10.5. The molecule has 0 radical (unpaired) electrons. The quantitative estimate of drug-likeness (QED) is 0.452. The van der Waals surface area contributed by atoms with Crippen LogP contribution in [0.5, 0.6) is 0 Å². The third-order valence-electron chi connectivity index (χ3n) is 1.24. The highest BCUT2D eigenvalue weighted by atomic mass is 32.2. The van der Waals surface area contributed by atoms with Crippen LogP contribution in [0.1, 0.15) is 5.01 Å². The standard InChI is InChI=1S/C8H11N3S2/c1-3-4-9-5-6-12-8-11-10-7(2)13-8/h1,9H,4-6H2,2H3. The van der Waals surface area contributed by atoms with Crippen molar-refractivity contribution in [1.29, 1.82) is 0 Å². The Morgan fingerprint density at radius 1 is 1.62 bits per heavy atom. The maximum absolute atomic E-state index is 5.09. The van der Waals surface area contributed by atoms with E-state index in [1.54, 1.807) is 23.1 Å². The average Bonchev–Trinajstić information content (AvgIpc) is 2.51. The Labute approximate surface area is 86.3 Å². The molecular weight excluding hydrogens is 202 g/mol. The van der Waals surface area contributed by atoms with Gasteiger partial charge in [0.1, 0.15) is 5.01 Å². The van der Waals surface area contributed by atoms with E-state index in [0.29, 0.717) is 6.54 Å². The molecule has 13 heavy (non-hydrogen) atoms. The number of hydrogen-bond acceptors (Lipinski definition) is 5. The van der Waals surface area contributed by atoms with Crippen molar-refractivity contribution in [2.24, 2.45) is 0 Å². The lowest BCUT2D eigenvalue weighted by Crippen LogP contribution is -2.16. The van der Waals surface area contributed by atoms with Crippen LogP contribution in [0.2, 0.25) is 0 Å². The van der Waals surface area contributed by atoms with Crippen molar-refractivity contribution in [3.05, 3.63) is 5.01 Å². The normalized spacial score (nSPS) is 9.85. The maximum atomic E-state index is 5.09. The second kappa shape index (κ2) is 5.97. The van der Waals surface area contributed by atoms with Crippen molar-refractivity contribution in [3.8, 4) is 12.3 Å². The molecule has 0 spiro atoms. The minimum Gasteiger partial charge on any atom is -0.305 e. The van der Waals surface area contributed by atoms with Gasteiger partial charge in [-0.2, -0.15) is 0 Å². The number of aromatic nitrogens is 2. The van der Waals surface area contributed by atoms with Crippen molar-refractivity contribution < 1.29 is 0 Å². The lowest BCUT2D eigenvalue weighted by molar-refractivity contribution is 0.817. The van der Waals surface area contributed by atoms with Gasteiger partial charge in [-0.3, -0.25) is 0 Å². The van der Waals surface area contributed by atoms with Crippen LogP contribution in [-0.2, 0) is 0 Å². The zero-order chi connectivity index (χ0) is 9.52. The second-order valence-corrected chi connectivity index (χ2v) is 4.84. The molecule has 3 nitrogen and oxygen atoms in total. The van der Waals surface area contributed by atoms with Crippen molar-refractivity contribution in [3.63, 3.8) is 0 Å². The molecule has 1 rings (SSSR count). The molecule has 0 saturated heterocycles. The molecule has 70 valence electrons. The van der Waals surface area contributed by atoms with E-state index in [9.17, 15) is 0 Å². The van der Waals surface area contributed by atoms with E-state index < -0.39 is 0 Å². The fourth-order valence-electron chi connectivity index (χ4n) is 0.708. The van der Waals surface area contributed by atoms with Gasteiger partial charge in [-0.15, -0.1) is 16.6 Å². The van der Waals surface area contributed by atoms with E-state index >= 15 is 0 Å². The average molecular weight is 213 g/mol. The van der Waals surface area contributed by atoms with E-state index in [-0.39, 0.29) is 0 Å². The predicted molar refractivity (Wildman–Crippen MR) is 57.1 cm³/mol. The predicted octanol–water partition coefficient (Wildman–Crippen LogP) is 1.16. The van der Waals surface area contributed by atoms with Crippen molar-refractivity contribution in [1.82, 2.24) is 15.5 Å². The maximum Gasteiger partial charge on any atom is 0.174 e. The highest BCUT2D eigenvalue weighted by Crippen LogP contribution is 2.20. The first-order valence-corrected chi connectivity index (χ1v) is 5.70. The molecule has 5 heteroatoms. The zero-order valence-corrected chi connectivity index (χ0v) is 9.04. The number of thioether (sulfide) groups is 1. The summed E-state index contributed by atoms with van der Waals surface area (Å²) in [4.78, 5) is 0. The van der Waals surface area contributed by atoms with Crippen molar-refractivity contribution in [2.75, 3.05) is 18.8 Å². The summed E-state index contributed by atoms with van der Waals surface area (Å²) >= 11 is 3.33. The van der Waals surface area contributed by atoms with Gasteiger partial charge in [-0.25, -0.2) is 0 Å². The van der Waals surface area contributed by atoms with Crippen LogP contribution in [0.3, 0.4) is 0 Å².